The first-order chi connectivity index (χ1) is 12.6. The van der Waals surface area contributed by atoms with Crippen LogP contribution in [0.15, 0.2) is 35.4 Å². The Morgan fingerprint density at radius 2 is 1.92 bits per heavy atom. The average Bonchev–Trinajstić information content (AvgIpc) is 3.13. The SMILES string of the molecule is N#C[C@@H](OC(=O)C1=NN(c2ccccc2)[C@@H](C(N)=O)C1)C1CCCCC1. The molecule has 26 heavy (non-hydrogen) atoms. The highest BCUT2D eigenvalue weighted by molar-refractivity contribution is 6.38. The normalized spacial score (nSPS) is 21.6. The van der Waals surface area contributed by atoms with Gasteiger partial charge in [-0.15, -0.1) is 0 Å². The van der Waals surface area contributed by atoms with Gasteiger partial charge in [0.2, 0.25) is 5.91 Å². The van der Waals surface area contributed by atoms with Crippen LogP contribution >= 0.6 is 0 Å². The van der Waals surface area contributed by atoms with Crippen LogP contribution in [0.1, 0.15) is 38.5 Å². The minimum atomic E-state index is -0.775. The van der Waals surface area contributed by atoms with E-state index >= 15 is 0 Å². The van der Waals surface area contributed by atoms with Crippen molar-refractivity contribution in [3.63, 3.8) is 0 Å². The van der Waals surface area contributed by atoms with E-state index in [0.29, 0.717) is 5.69 Å². The Bertz CT molecular complexity index is 735. The highest BCUT2D eigenvalue weighted by atomic mass is 16.5. The summed E-state index contributed by atoms with van der Waals surface area (Å²) in [5.41, 5.74) is 6.26. The van der Waals surface area contributed by atoms with Crippen molar-refractivity contribution >= 4 is 23.3 Å². The third kappa shape index (κ3) is 3.85. The molecule has 1 aromatic carbocycles. The van der Waals surface area contributed by atoms with Gasteiger partial charge in [0.1, 0.15) is 17.8 Å². The van der Waals surface area contributed by atoms with Gasteiger partial charge in [-0.3, -0.25) is 9.80 Å². The Balaban J connectivity index is 1.74. The number of rotatable bonds is 5. The van der Waals surface area contributed by atoms with E-state index in [4.69, 9.17) is 10.5 Å². The number of carbonyl (C=O) groups is 2. The lowest BCUT2D eigenvalue weighted by atomic mass is 9.85. The number of primary amides is 1. The molecule has 136 valence electrons. The number of nitrogens with zero attached hydrogens (tertiary/aromatic N) is 3. The van der Waals surface area contributed by atoms with E-state index < -0.39 is 24.0 Å². The minimum absolute atomic E-state index is 0.0665. The Kier molecular flexibility index (Phi) is 5.52. The van der Waals surface area contributed by atoms with Crippen LogP contribution in [0, 0.1) is 17.2 Å². The quantitative estimate of drug-likeness (QED) is 0.815. The standard InChI is InChI=1S/C19H22N4O3/c20-12-17(13-7-3-1-4-8-13)26-19(25)15-11-16(18(21)24)23(22-15)14-9-5-2-6-10-14/h2,5-6,9-10,13,16-17H,1,3-4,7-8,11H2,(H2,21,24)/t16-,17-/m1/s1. The van der Waals surface area contributed by atoms with Crippen LogP contribution < -0.4 is 10.7 Å². The summed E-state index contributed by atoms with van der Waals surface area (Å²) in [5, 5.41) is 15.1. The summed E-state index contributed by atoms with van der Waals surface area (Å²) in [6.45, 7) is 0. The number of ether oxygens (including phenoxy) is 1. The van der Waals surface area contributed by atoms with Crippen molar-refractivity contribution in [1.29, 1.82) is 5.26 Å². The Labute approximate surface area is 152 Å². The molecule has 0 radical (unpaired) electrons. The number of amides is 1. The molecule has 0 saturated heterocycles. The van der Waals surface area contributed by atoms with Crippen molar-refractivity contribution in [3.8, 4) is 6.07 Å². The lowest BCUT2D eigenvalue weighted by molar-refractivity contribution is -0.140. The summed E-state index contributed by atoms with van der Waals surface area (Å²) in [5.74, 6) is -1.15. The summed E-state index contributed by atoms with van der Waals surface area (Å²) >= 11 is 0. The number of esters is 1. The molecule has 7 nitrogen and oxygen atoms in total. The maximum absolute atomic E-state index is 12.5. The van der Waals surface area contributed by atoms with Crippen LogP contribution in [0.25, 0.3) is 0 Å². The van der Waals surface area contributed by atoms with Gasteiger partial charge in [-0.05, 0) is 25.0 Å². The molecule has 2 aliphatic rings. The van der Waals surface area contributed by atoms with Gasteiger partial charge in [0.05, 0.1) is 5.69 Å². The second-order valence-corrected chi connectivity index (χ2v) is 6.70. The van der Waals surface area contributed by atoms with E-state index in [-0.39, 0.29) is 18.1 Å². The van der Waals surface area contributed by atoms with Crippen LogP contribution in [0.4, 0.5) is 5.69 Å². The predicted molar refractivity (Wildman–Crippen MR) is 96.0 cm³/mol. The first-order valence-electron chi connectivity index (χ1n) is 8.92. The molecule has 7 heteroatoms. The number of hydrogen-bond acceptors (Lipinski definition) is 6. The van der Waals surface area contributed by atoms with Crippen molar-refractivity contribution in [2.24, 2.45) is 16.8 Å². The summed E-state index contributed by atoms with van der Waals surface area (Å²) in [6.07, 6.45) is 4.33. The van der Waals surface area contributed by atoms with Gasteiger partial charge < -0.3 is 10.5 Å². The average molecular weight is 354 g/mol. The highest BCUT2D eigenvalue weighted by Gasteiger charge is 2.37. The van der Waals surface area contributed by atoms with Gasteiger partial charge in [-0.25, -0.2) is 4.79 Å². The number of para-hydroxylation sites is 1. The number of benzene rings is 1. The molecule has 1 heterocycles. The van der Waals surface area contributed by atoms with E-state index in [9.17, 15) is 14.9 Å². The Morgan fingerprint density at radius 3 is 2.54 bits per heavy atom. The molecule has 1 aliphatic carbocycles. The summed E-state index contributed by atoms with van der Waals surface area (Å²) in [6, 6.07) is 10.4. The van der Waals surface area contributed by atoms with Crippen LogP contribution in [0.2, 0.25) is 0 Å². The first kappa shape index (κ1) is 17.9. The van der Waals surface area contributed by atoms with Gasteiger partial charge in [0.15, 0.2) is 6.10 Å². The number of carbonyl (C=O) groups excluding carboxylic acids is 2. The zero-order chi connectivity index (χ0) is 18.5. The molecule has 1 fully saturated rings. The zero-order valence-electron chi connectivity index (χ0n) is 14.5. The highest BCUT2D eigenvalue weighted by Crippen LogP contribution is 2.29. The van der Waals surface area contributed by atoms with Crippen molar-refractivity contribution in [2.75, 3.05) is 5.01 Å². The Morgan fingerprint density at radius 1 is 1.23 bits per heavy atom. The van der Waals surface area contributed by atoms with Crippen molar-refractivity contribution < 1.29 is 14.3 Å². The first-order valence-corrected chi connectivity index (χ1v) is 8.92. The lowest BCUT2D eigenvalue weighted by Crippen LogP contribution is -2.39. The van der Waals surface area contributed by atoms with Crippen LogP contribution in [-0.4, -0.2) is 29.7 Å². The van der Waals surface area contributed by atoms with Crippen LogP contribution in [0.3, 0.4) is 0 Å². The monoisotopic (exact) mass is 354 g/mol. The molecule has 1 aliphatic heterocycles. The van der Waals surface area contributed by atoms with E-state index in [1.54, 1.807) is 12.1 Å². The van der Waals surface area contributed by atoms with Crippen molar-refractivity contribution in [1.82, 2.24) is 0 Å². The fourth-order valence-electron chi connectivity index (χ4n) is 3.52. The second-order valence-electron chi connectivity index (χ2n) is 6.70. The summed E-state index contributed by atoms with van der Waals surface area (Å²) < 4.78 is 5.43. The molecule has 0 aromatic heterocycles. The molecule has 1 amide bonds. The third-order valence-corrected chi connectivity index (χ3v) is 4.93. The molecule has 2 N–H and O–H groups in total. The predicted octanol–water partition coefficient (Wildman–Crippen LogP) is 2.12. The number of anilines is 1. The minimum Gasteiger partial charge on any atom is -0.442 e. The Hall–Kier alpha value is -2.88. The molecule has 2 atom stereocenters. The summed E-state index contributed by atoms with van der Waals surface area (Å²) in [7, 11) is 0. The van der Waals surface area contributed by atoms with E-state index in [1.165, 1.54) is 5.01 Å². The molecule has 1 aromatic rings. The summed E-state index contributed by atoms with van der Waals surface area (Å²) in [4.78, 5) is 24.3. The number of nitrogens with two attached hydrogens (primary N) is 1. The fourth-order valence-corrected chi connectivity index (χ4v) is 3.52. The van der Waals surface area contributed by atoms with Gasteiger partial charge in [-0.2, -0.15) is 10.4 Å². The molecular weight excluding hydrogens is 332 g/mol. The molecule has 0 spiro atoms. The van der Waals surface area contributed by atoms with E-state index in [0.717, 1.165) is 32.1 Å². The maximum atomic E-state index is 12.5. The third-order valence-electron chi connectivity index (χ3n) is 4.93. The number of hydrazone groups is 1. The molecule has 0 unspecified atom stereocenters. The number of hydrogen-bond donors (Lipinski definition) is 1. The molecule has 3 rings (SSSR count). The molecule has 0 bridgehead atoms. The van der Waals surface area contributed by atoms with Gasteiger partial charge in [0, 0.05) is 12.3 Å². The fraction of sp³-hybridized carbons (Fsp3) is 0.474. The van der Waals surface area contributed by atoms with Gasteiger partial charge >= 0.3 is 5.97 Å². The second kappa shape index (κ2) is 8.00. The van der Waals surface area contributed by atoms with Crippen LogP contribution in [0.5, 0.6) is 0 Å². The maximum Gasteiger partial charge on any atom is 0.355 e. The van der Waals surface area contributed by atoms with Gasteiger partial charge in [0.25, 0.3) is 0 Å². The molecular formula is C19H22N4O3. The lowest BCUT2D eigenvalue weighted by Gasteiger charge is -2.25. The smallest absolute Gasteiger partial charge is 0.355 e. The largest absolute Gasteiger partial charge is 0.442 e. The number of nitriles is 1. The van der Waals surface area contributed by atoms with Crippen molar-refractivity contribution in [3.05, 3.63) is 30.3 Å². The van der Waals surface area contributed by atoms with Crippen LogP contribution in [-0.2, 0) is 14.3 Å². The zero-order valence-corrected chi connectivity index (χ0v) is 14.5. The van der Waals surface area contributed by atoms with Crippen molar-refractivity contribution in [2.45, 2.75) is 50.7 Å². The van der Waals surface area contributed by atoms with E-state index in [2.05, 4.69) is 11.2 Å². The topological polar surface area (TPSA) is 109 Å². The van der Waals surface area contributed by atoms with E-state index in [1.807, 2.05) is 18.2 Å². The van der Waals surface area contributed by atoms with Gasteiger partial charge in [-0.1, -0.05) is 37.5 Å². The molecule has 1 saturated carbocycles.